The van der Waals surface area contributed by atoms with Gasteiger partial charge in [0.1, 0.15) is 18.1 Å². The van der Waals surface area contributed by atoms with Gasteiger partial charge < -0.3 is 19.3 Å². The van der Waals surface area contributed by atoms with E-state index in [4.69, 9.17) is 25.7 Å². The van der Waals surface area contributed by atoms with Gasteiger partial charge in [0.25, 0.3) is 0 Å². The first-order chi connectivity index (χ1) is 16.6. The van der Waals surface area contributed by atoms with Crippen molar-refractivity contribution in [2.75, 3.05) is 26.9 Å². The Morgan fingerprint density at radius 2 is 1.85 bits per heavy atom. The van der Waals surface area contributed by atoms with Crippen LogP contribution in [0.25, 0.3) is 5.69 Å². The van der Waals surface area contributed by atoms with Crippen LogP contribution in [0.15, 0.2) is 54.6 Å². The second-order valence-electron chi connectivity index (χ2n) is 8.43. The fourth-order valence-corrected chi connectivity index (χ4v) is 3.89. The van der Waals surface area contributed by atoms with E-state index in [0.29, 0.717) is 30.8 Å². The number of hydrogen-bond acceptors (Lipinski definition) is 6. The largest absolute Gasteiger partial charge is 0.497 e. The number of hydrogen-bond donors (Lipinski definition) is 1. The molecule has 0 radical (unpaired) electrons. The van der Waals surface area contributed by atoms with Gasteiger partial charge in [-0.05, 0) is 56.2 Å². The predicted octanol–water partition coefficient (Wildman–Crippen LogP) is 3.96. The summed E-state index contributed by atoms with van der Waals surface area (Å²) in [7, 11) is 1.64. The third kappa shape index (κ3) is 5.97. The van der Waals surface area contributed by atoms with Gasteiger partial charge >= 0.3 is 0 Å². The third-order valence-electron chi connectivity index (χ3n) is 5.78. The van der Waals surface area contributed by atoms with Crippen molar-refractivity contribution in [3.8, 4) is 35.4 Å². The Kier molecular flexibility index (Phi) is 7.86. The Morgan fingerprint density at radius 3 is 2.50 bits per heavy atom. The number of benzene rings is 2. The summed E-state index contributed by atoms with van der Waals surface area (Å²) in [5.41, 5.74) is 2.79. The van der Waals surface area contributed by atoms with E-state index in [1.54, 1.807) is 7.11 Å². The molecular weight excluding hydrogens is 430 g/mol. The van der Waals surface area contributed by atoms with E-state index in [1.807, 2.05) is 66.2 Å². The quantitative estimate of drug-likeness (QED) is 0.325. The molecule has 34 heavy (non-hydrogen) atoms. The molecule has 1 aliphatic carbocycles. The minimum absolute atomic E-state index is 0.198. The number of para-hydroxylation sites is 1. The van der Waals surface area contributed by atoms with Crippen LogP contribution in [-0.4, -0.2) is 58.8 Å². The number of methoxy groups -OCH3 is 1. The lowest BCUT2D eigenvalue weighted by Gasteiger charge is -2.25. The minimum atomic E-state index is -0.621. The number of rotatable bonds is 12. The summed E-state index contributed by atoms with van der Waals surface area (Å²) in [6, 6.07) is 17.9. The van der Waals surface area contributed by atoms with Crippen molar-refractivity contribution in [1.82, 2.24) is 14.7 Å². The van der Waals surface area contributed by atoms with Crippen molar-refractivity contribution in [2.45, 2.75) is 38.5 Å². The smallest absolute Gasteiger partial charge is 0.227 e. The topological polar surface area (TPSA) is 69.0 Å². The van der Waals surface area contributed by atoms with E-state index >= 15 is 0 Å². The molecule has 1 aliphatic rings. The molecule has 0 spiro atoms. The SMILES string of the molecule is C#CCOCC(O)CN(Cc1c(C)nn(-c2ccccc2)c1Oc1ccc(OC)cc1)C1CC1. The molecule has 1 N–H and O–H groups in total. The molecule has 1 saturated carbocycles. The lowest BCUT2D eigenvalue weighted by Crippen LogP contribution is -2.36. The third-order valence-corrected chi connectivity index (χ3v) is 5.78. The van der Waals surface area contributed by atoms with Crippen LogP contribution in [0.3, 0.4) is 0 Å². The first-order valence-electron chi connectivity index (χ1n) is 11.5. The van der Waals surface area contributed by atoms with Gasteiger partial charge in [-0.2, -0.15) is 5.10 Å². The Morgan fingerprint density at radius 1 is 1.15 bits per heavy atom. The van der Waals surface area contributed by atoms with Crippen molar-refractivity contribution < 1.29 is 19.3 Å². The number of aliphatic hydroxyl groups is 1. The molecule has 0 saturated heterocycles. The maximum Gasteiger partial charge on any atom is 0.227 e. The van der Waals surface area contributed by atoms with Gasteiger partial charge in [0.15, 0.2) is 0 Å². The monoisotopic (exact) mass is 461 g/mol. The molecule has 1 fully saturated rings. The number of aromatic nitrogens is 2. The fraction of sp³-hybridized carbons (Fsp3) is 0.370. The van der Waals surface area contributed by atoms with Crippen LogP contribution in [0.1, 0.15) is 24.1 Å². The van der Waals surface area contributed by atoms with Crippen LogP contribution in [0.2, 0.25) is 0 Å². The molecule has 7 heteroatoms. The average Bonchev–Trinajstić information content (AvgIpc) is 3.66. The molecular formula is C27H31N3O4. The molecule has 0 bridgehead atoms. The van der Waals surface area contributed by atoms with Crippen LogP contribution in [-0.2, 0) is 11.3 Å². The number of aliphatic hydroxyl groups excluding tert-OH is 1. The van der Waals surface area contributed by atoms with Gasteiger partial charge in [-0.25, -0.2) is 4.68 Å². The highest BCUT2D eigenvalue weighted by Crippen LogP contribution is 2.35. The highest BCUT2D eigenvalue weighted by atomic mass is 16.5. The fourth-order valence-electron chi connectivity index (χ4n) is 3.89. The molecule has 0 aliphatic heterocycles. The molecule has 1 atom stereocenters. The average molecular weight is 462 g/mol. The van der Waals surface area contributed by atoms with Crippen LogP contribution >= 0.6 is 0 Å². The van der Waals surface area contributed by atoms with E-state index in [9.17, 15) is 5.11 Å². The Hall–Kier alpha value is -3.31. The van der Waals surface area contributed by atoms with Crippen molar-refractivity contribution in [1.29, 1.82) is 0 Å². The van der Waals surface area contributed by atoms with Crippen LogP contribution in [0, 0.1) is 19.3 Å². The van der Waals surface area contributed by atoms with Gasteiger partial charge in [-0.3, -0.25) is 4.90 Å². The lowest BCUT2D eigenvalue weighted by molar-refractivity contribution is 0.0241. The number of nitrogens with zero attached hydrogens (tertiary/aromatic N) is 3. The maximum atomic E-state index is 10.5. The van der Waals surface area contributed by atoms with Crippen LogP contribution in [0.5, 0.6) is 17.4 Å². The molecule has 3 aromatic rings. The number of aryl methyl sites for hydroxylation is 1. The van der Waals surface area contributed by atoms with Crippen molar-refractivity contribution in [3.63, 3.8) is 0 Å². The second kappa shape index (κ2) is 11.2. The van der Waals surface area contributed by atoms with E-state index in [1.165, 1.54) is 0 Å². The summed E-state index contributed by atoms with van der Waals surface area (Å²) >= 11 is 0. The van der Waals surface area contributed by atoms with Gasteiger partial charge in [0.05, 0.1) is 36.8 Å². The Labute approximate surface area is 200 Å². The summed E-state index contributed by atoms with van der Waals surface area (Å²) in [5, 5.41) is 15.3. The van der Waals surface area contributed by atoms with E-state index in [2.05, 4.69) is 10.8 Å². The van der Waals surface area contributed by atoms with E-state index in [-0.39, 0.29) is 13.2 Å². The Bertz CT molecular complexity index is 1100. The zero-order valence-electron chi connectivity index (χ0n) is 19.7. The summed E-state index contributed by atoms with van der Waals surface area (Å²) in [5.74, 6) is 4.56. The van der Waals surface area contributed by atoms with Gasteiger partial charge in [-0.15, -0.1) is 6.42 Å². The highest BCUT2D eigenvalue weighted by molar-refractivity contribution is 5.44. The van der Waals surface area contributed by atoms with Gasteiger partial charge in [0, 0.05) is 19.1 Å². The zero-order chi connectivity index (χ0) is 23.9. The van der Waals surface area contributed by atoms with Gasteiger partial charge in [-0.1, -0.05) is 24.1 Å². The van der Waals surface area contributed by atoms with E-state index in [0.717, 1.165) is 35.5 Å². The highest BCUT2D eigenvalue weighted by Gasteiger charge is 2.32. The Balaban J connectivity index is 1.62. The first-order valence-corrected chi connectivity index (χ1v) is 11.5. The summed E-state index contributed by atoms with van der Waals surface area (Å²) in [4.78, 5) is 2.28. The molecule has 1 unspecified atom stereocenters. The van der Waals surface area contributed by atoms with Crippen molar-refractivity contribution >= 4 is 0 Å². The van der Waals surface area contributed by atoms with Gasteiger partial charge in [0.2, 0.25) is 5.88 Å². The summed E-state index contributed by atoms with van der Waals surface area (Å²) < 4.78 is 18.9. The molecule has 1 aromatic heterocycles. The number of terminal acetylenes is 1. The lowest BCUT2D eigenvalue weighted by atomic mass is 10.2. The molecule has 4 rings (SSSR count). The standard InChI is InChI=1S/C27H31N3O4/c1-4-16-33-19-23(31)17-29(21-10-11-21)18-26-20(2)28-30(22-8-6-5-7-9-22)27(26)34-25-14-12-24(32-3)13-15-25/h1,5-9,12-15,21,23,31H,10-11,16-19H2,2-3H3. The molecule has 0 amide bonds. The number of ether oxygens (including phenoxy) is 3. The normalized spacial score (nSPS) is 14.1. The zero-order valence-corrected chi connectivity index (χ0v) is 19.7. The summed E-state index contributed by atoms with van der Waals surface area (Å²) in [6.45, 7) is 3.51. The molecule has 2 aromatic carbocycles. The summed E-state index contributed by atoms with van der Waals surface area (Å²) in [6.07, 6.45) is 6.84. The van der Waals surface area contributed by atoms with E-state index < -0.39 is 6.10 Å². The molecule has 7 nitrogen and oxygen atoms in total. The molecule has 178 valence electrons. The first kappa shape index (κ1) is 23.8. The minimum Gasteiger partial charge on any atom is -0.497 e. The second-order valence-corrected chi connectivity index (χ2v) is 8.43. The maximum absolute atomic E-state index is 10.5. The molecule has 1 heterocycles. The van der Waals surface area contributed by atoms with Crippen molar-refractivity contribution in [2.24, 2.45) is 0 Å². The van der Waals surface area contributed by atoms with Crippen LogP contribution < -0.4 is 9.47 Å². The predicted molar refractivity (Wildman–Crippen MR) is 130 cm³/mol. The van der Waals surface area contributed by atoms with Crippen LogP contribution in [0.4, 0.5) is 0 Å². The van der Waals surface area contributed by atoms with Crippen molar-refractivity contribution in [3.05, 3.63) is 65.9 Å².